The fourth-order valence-electron chi connectivity index (χ4n) is 4.64. The van der Waals surface area contributed by atoms with Gasteiger partial charge in [0.2, 0.25) is 0 Å². The zero-order valence-corrected chi connectivity index (χ0v) is 15.2. The largest absolute Gasteiger partial charge is 0.103 e. The molecule has 2 aliphatic carbocycles. The smallest absolute Gasteiger partial charge is 0.0233 e. The molecule has 2 saturated carbocycles. The molecule has 130 valence electrons. The summed E-state index contributed by atoms with van der Waals surface area (Å²) in [6, 6.07) is 0. The molecule has 0 unspecified atom stereocenters. The van der Waals surface area contributed by atoms with Gasteiger partial charge in [0.1, 0.15) is 0 Å². The maximum absolute atomic E-state index is 3.88. The van der Waals surface area contributed by atoms with E-state index < -0.39 is 0 Å². The molecule has 2 fully saturated rings. The highest BCUT2D eigenvalue weighted by molar-refractivity contribution is 4.92. The third-order valence-corrected chi connectivity index (χ3v) is 6.29. The van der Waals surface area contributed by atoms with Gasteiger partial charge in [-0.05, 0) is 94.3 Å². The van der Waals surface area contributed by atoms with Crippen LogP contribution in [0.15, 0.2) is 37.5 Å². The predicted octanol–water partition coefficient (Wildman–Crippen LogP) is 7.48. The summed E-state index contributed by atoms with van der Waals surface area (Å²) in [5.74, 6) is 3.78. The molecule has 0 atom stereocenters. The molecule has 0 aromatic rings. The molecule has 2 rings (SSSR count). The molecule has 0 heterocycles. The van der Waals surface area contributed by atoms with Crippen LogP contribution >= 0.6 is 0 Å². The Labute approximate surface area is 145 Å². The Bertz CT molecular complexity index is 348. The zero-order chi connectivity index (χ0) is 16.3. The normalized spacial score (nSPS) is 32.0. The first-order chi connectivity index (χ1) is 11.3. The van der Waals surface area contributed by atoms with E-state index in [2.05, 4.69) is 37.5 Å². The summed E-state index contributed by atoms with van der Waals surface area (Å²) in [7, 11) is 0. The maximum Gasteiger partial charge on any atom is -0.0233 e. The molecular weight excluding hydrogens is 276 g/mol. The lowest BCUT2D eigenvalue weighted by Crippen LogP contribution is -2.14. The Balaban J connectivity index is 1.54. The van der Waals surface area contributed by atoms with Crippen molar-refractivity contribution in [2.45, 2.75) is 83.5 Å². The van der Waals surface area contributed by atoms with Gasteiger partial charge in [0.05, 0.1) is 0 Å². The van der Waals surface area contributed by atoms with Gasteiger partial charge in [-0.15, -0.1) is 13.2 Å². The van der Waals surface area contributed by atoms with E-state index in [1.165, 1.54) is 83.5 Å². The Kier molecular flexibility index (Phi) is 8.79. The van der Waals surface area contributed by atoms with E-state index in [4.69, 9.17) is 0 Å². The second kappa shape index (κ2) is 10.9. The van der Waals surface area contributed by atoms with E-state index in [0.29, 0.717) is 0 Å². The number of rotatable bonds is 9. The molecule has 0 nitrogen and oxygen atoms in total. The highest BCUT2D eigenvalue weighted by atomic mass is 14.3. The summed E-state index contributed by atoms with van der Waals surface area (Å²) >= 11 is 0. The fourth-order valence-corrected chi connectivity index (χ4v) is 4.64. The molecule has 0 aliphatic heterocycles. The quantitative estimate of drug-likeness (QED) is 0.387. The minimum Gasteiger partial charge on any atom is -0.103 e. The van der Waals surface area contributed by atoms with Gasteiger partial charge in [-0.1, -0.05) is 37.1 Å². The van der Waals surface area contributed by atoms with E-state index in [-0.39, 0.29) is 0 Å². The van der Waals surface area contributed by atoms with Crippen LogP contribution in [-0.4, -0.2) is 0 Å². The summed E-state index contributed by atoms with van der Waals surface area (Å²) in [5, 5.41) is 0. The van der Waals surface area contributed by atoms with Gasteiger partial charge in [-0.3, -0.25) is 0 Å². The molecule has 23 heavy (non-hydrogen) atoms. The van der Waals surface area contributed by atoms with Crippen LogP contribution in [0.3, 0.4) is 0 Å². The van der Waals surface area contributed by atoms with Gasteiger partial charge in [-0.2, -0.15) is 0 Å². The van der Waals surface area contributed by atoms with Gasteiger partial charge in [0.25, 0.3) is 0 Å². The molecule has 0 radical (unpaired) electrons. The Hall–Kier alpha value is -0.780. The van der Waals surface area contributed by atoms with Crippen LogP contribution in [-0.2, 0) is 0 Å². The van der Waals surface area contributed by atoms with Crippen LogP contribution in [0.5, 0.6) is 0 Å². The van der Waals surface area contributed by atoms with Crippen molar-refractivity contribution in [2.24, 2.45) is 23.7 Å². The maximum atomic E-state index is 3.88. The summed E-state index contributed by atoms with van der Waals surface area (Å²) in [4.78, 5) is 0. The summed E-state index contributed by atoms with van der Waals surface area (Å²) in [6.45, 7) is 7.73. The van der Waals surface area contributed by atoms with Crippen molar-refractivity contribution in [3.63, 3.8) is 0 Å². The number of hydrogen-bond donors (Lipinski definition) is 0. The molecule has 0 heteroatoms. The molecule has 0 amide bonds. The standard InChI is InChI=1S/C23H38/c1-3-5-9-21-16-18-23(19-17-21)11-7-6-10-22-14-12-20(8-4-2)13-15-22/h3-4,7,11,20-23H,1-2,5-6,8-10,12-19H2. The lowest BCUT2D eigenvalue weighted by atomic mass is 9.78. The van der Waals surface area contributed by atoms with Gasteiger partial charge < -0.3 is 0 Å². The van der Waals surface area contributed by atoms with E-state index in [1.54, 1.807) is 0 Å². The van der Waals surface area contributed by atoms with Crippen molar-refractivity contribution < 1.29 is 0 Å². The van der Waals surface area contributed by atoms with Crippen LogP contribution in [0.25, 0.3) is 0 Å². The highest BCUT2D eigenvalue weighted by Gasteiger charge is 2.20. The average Bonchev–Trinajstić information content (AvgIpc) is 2.59. The van der Waals surface area contributed by atoms with E-state index in [9.17, 15) is 0 Å². The monoisotopic (exact) mass is 314 g/mol. The molecule has 0 saturated heterocycles. The van der Waals surface area contributed by atoms with Gasteiger partial charge >= 0.3 is 0 Å². The minimum absolute atomic E-state index is 0.873. The van der Waals surface area contributed by atoms with Crippen LogP contribution < -0.4 is 0 Å². The van der Waals surface area contributed by atoms with Crippen LogP contribution in [0.1, 0.15) is 83.5 Å². The molecule has 0 aromatic carbocycles. The first-order valence-corrected chi connectivity index (χ1v) is 10.2. The Morgan fingerprint density at radius 1 is 0.652 bits per heavy atom. The lowest BCUT2D eigenvalue weighted by Gasteiger charge is -2.28. The van der Waals surface area contributed by atoms with Crippen LogP contribution in [0.2, 0.25) is 0 Å². The summed E-state index contributed by atoms with van der Waals surface area (Å²) in [6.07, 6.45) is 27.3. The second-order valence-electron chi connectivity index (χ2n) is 8.06. The van der Waals surface area contributed by atoms with Crippen LogP contribution in [0, 0.1) is 23.7 Å². The predicted molar refractivity (Wildman–Crippen MR) is 104 cm³/mol. The number of allylic oxidation sites excluding steroid dienone is 4. The van der Waals surface area contributed by atoms with Crippen molar-refractivity contribution in [3.05, 3.63) is 37.5 Å². The zero-order valence-electron chi connectivity index (χ0n) is 15.2. The van der Waals surface area contributed by atoms with Crippen molar-refractivity contribution in [2.75, 3.05) is 0 Å². The van der Waals surface area contributed by atoms with Crippen LogP contribution in [0.4, 0.5) is 0 Å². The molecule has 0 N–H and O–H groups in total. The third-order valence-electron chi connectivity index (χ3n) is 6.29. The van der Waals surface area contributed by atoms with Gasteiger partial charge in [0, 0.05) is 0 Å². The first-order valence-electron chi connectivity index (χ1n) is 10.2. The van der Waals surface area contributed by atoms with E-state index in [0.717, 1.165) is 23.7 Å². The van der Waals surface area contributed by atoms with E-state index in [1.807, 2.05) is 0 Å². The van der Waals surface area contributed by atoms with Crippen molar-refractivity contribution in [3.8, 4) is 0 Å². The molecule has 0 spiro atoms. The SMILES string of the molecule is C=CCCC1CCC(C=CCCC2CCC(CC=C)CC2)CC1. The van der Waals surface area contributed by atoms with Gasteiger partial charge in [0.15, 0.2) is 0 Å². The number of hydrogen-bond acceptors (Lipinski definition) is 0. The van der Waals surface area contributed by atoms with Crippen molar-refractivity contribution >= 4 is 0 Å². The second-order valence-corrected chi connectivity index (χ2v) is 8.06. The lowest BCUT2D eigenvalue weighted by molar-refractivity contribution is 0.265. The molecule has 0 aromatic heterocycles. The third kappa shape index (κ3) is 7.10. The average molecular weight is 315 g/mol. The highest BCUT2D eigenvalue weighted by Crippen LogP contribution is 2.34. The minimum atomic E-state index is 0.873. The van der Waals surface area contributed by atoms with Crippen molar-refractivity contribution in [1.82, 2.24) is 0 Å². The topological polar surface area (TPSA) is 0 Å². The first kappa shape index (κ1) is 18.6. The van der Waals surface area contributed by atoms with Gasteiger partial charge in [-0.25, -0.2) is 0 Å². The van der Waals surface area contributed by atoms with Crippen molar-refractivity contribution in [1.29, 1.82) is 0 Å². The molecular formula is C23H38. The Morgan fingerprint density at radius 2 is 1.22 bits per heavy atom. The fraction of sp³-hybridized carbons (Fsp3) is 0.739. The molecule has 2 aliphatic rings. The molecule has 0 bridgehead atoms. The summed E-state index contributed by atoms with van der Waals surface area (Å²) in [5.41, 5.74) is 0. The summed E-state index contributed by atoms with van der Waals surface area (Å²) < 4.78 is 0. The van der Waals surface area contributed by atoms with E-state index >= 15 is 0 Å². The Morgan fingerprint density at radius 3 is 1.83 bits per heavy atom.